The van der Waals surface area contributed by atoms with Crippen LogP contribution in [0.3, 0.4) is 0 Å². The van der Waals surface area contributed by atoms with E-state index in [2.05, 4.69) is 5.32 Å². The van der Waals surface area contributed by atoms with Crippen LogP contribution in [0.15, 0.2) is 34.1 Å². The zero-order chi connectivity index (χ0) is 19.2. The molecule has 8 heteroatoms. The van der Waals surface area contributed by atoms with E-state index in [0.717, 1.165) is 32.5 Å². The number of piperidine rings is 1. The summed E-state index contributed by atoms with van der Waals surface area (Å²) in [7, 11) is -1.34. The molecule has 1 heterocycles. The number of likely N-dealkylation sites (tertiary alicyclic amines) is 1. The number of amides is 1. The molecule has 1 atom stereocenters. The Labute approximate surface area is 174 Å². The third-order valence-corrected chi connectivity index (χ3v) is 7.99. The highest BCUT2D eigenvalue weighted by Crippen LogP contribution is 2.32. The number of halogens is 1. The first-order valence-electron chi connectivity index (χ1n) is 9.30. The van der Waals surface area contributed by atoms with Crippen LogP contribution in [0.1, 0.15) is 33.1 Å². The zero-order valence-electron chi connectivity index (χ0n) is 16.3. The van der Waals surface area contributed by atoms with Crippen molar-refractivity contribution < 1.29 is 13.2 Å². The number of carbonyl (C=O) groups excluding carboxylic acids is 1. The van der Waals surface area contributed by atoms with Gasteiger partial charge in [-0.15, -0.1) is 24.2 Å². The summed E-state index contributed by atoms with van der Waals surface area (Å²) in [5, 5.41) is 2.91. The van der Waals surface area contributed by atoms with Crippen LogP contribution in [0.5, 0.6) is 0 Å². The number of hydrogen-bond acceptors (Lipinski definition) is 5. The second kappa shape index (κ2) is 11.3. The first kappa shape index (κ1) is 24.3. The molecule has 27 heavy (non-hydrogen) atoms. The summed E-state index contributed by atoms with van der Waals surface area (Å²) in [5.74, 6) is 0.860. The fourth-order valence-electron chi connectivity index (χ4n) is 3.33. The quantitative estimate of drug-likeness (QED) is 0.636. The third-order valence-electron chi connectivity index (χ3n) is 4.73. The van der Waals surface area contributed by atoms with Gasteiger partial charge in [0.2, 0.25) is 5.91 Å². The second-order valence-electron chi connectivity index (χ2n) is 6.85. The predicted molar refractivity (Wildman–Crippen MR) is 115 cm³/mol. The van der Waals surface area contributed by atoms with E-state index < -0.39 is 9.84 Å². The lowest BCUT2D eigenvalue weighted by Crippen LogP contribution is -2.43. The molecule has 1 aromatic carbocycles. The van der Waals surface area contributed by atoms with Crippen molar-refractivity contribution in [3.05, 3.63) is 24.3 Å². The van der Waals surface area contributed by atoms with Gasteiger partial charge >= 0.3 is 0 Å². The number of rotatable bonds is 8. The minimum absolute atomic E-state index is 0. The zero-order valence-corrected chi connectivity index (χ0v) is 18.8. The molecule has 1 aliphatic rings. The van der Waals surface area contributed by atoms with Gasteiger partial charge in [0.15, 0.2) is 9.84 Å². The Hall–Kier alpha value is -0.760. The van der Waals surface area contributed by atoms with Crippen molar-refractivity contribution in [2.24, 2.45) is 5.92 Å². The van der Waals surface area contributed by atoms with Gasteiger partial charge < -0.3 is 10.2 Å². The number of nitrogens with one attached hydrogen (secondary N) is 1. The van der Waals surface area contributed by atoms with E-state index in [1.54, 1.807) is 18.2 Å². The summed E-state index contributed by atoms with van der Waals surface area (Å²) >= 11 is 1.35. The van der Waals surface area contributed by atoms with Gasteiger partial charge in [-0.25, -0.2) is 8.42 Å². The summed E-state index contributed by atoms with van der Waals surface area (Å²) in [6.07, 6.45) is 2.62. The van der Waals surface area contributed by atoms with E-state index >= 15 is 0 Å². The Kier molecular flexibility index (Phi) is 10.2. The normalized spacial score (nSPS) is 16.6. The number of sulfone groups is 1. The van der Waals surface area contributed by atoms with Crippen molar-refractivity contribution in [3.63, 3.8) is 0 Å². The topological polar surface area (TPSA) is 66.5 Å². The molecule has 1 N–H and O–H groups in total. The van der Waals surface area contributed by atoms with Gasteiger partial charge in [0.1, 0.15) is 0 Å². The van der Waals surface area contributed by atoms with Crippen molar-refractivity contribution >= 4 is 39.9 Å². The molecule has 1 aliphatic heterocycles. The first-order chi connectivity index (χ1) is 12.4. The number of benzene rings is 1. The molecule has 1 aromatic rings. The number of nitrogens with zero attached hydrogens (tertiary/aromatic N) is 1. The molecule has 0 aliphatic carbocycles. The van der Waals surface area contributed by atoms with Gasteiger partial charge in [-0.3, -0.25) is 4.79 Å². The lowest BCUT2D eigenvalue weighted by atomic mass is 9.97. The molecule has 0 saturated carbocycles. The first-order valence-corrected chi connectivity index (χ1v) is 11.8. The number of hydrogen-bond donors (Lipinski definition) is 1. The lowest BCUT2D eigenvalue weighted by Gasteiger charge is -2.33. The molecule has 0 radical (unpaired) electrons. The SMILES string of the molecule is CCCS(=O)(=O)c1ccccc1SC(C)C(=O)N1CCC(CNC)CC1.Cl. The Bertz CT molecular complexity index is 705. The smallest absolute Gasteiger partial charge is 0.235 e. The lowest BCUT2D eigenvalue weighted by molar-refractivity contribution is -0.131. The van der Waals surface area contributed by atoms with Crippen LogP contribution in [0, 0.1) is 5.92 Å². The molecule has 1 amide bonds. The van der Waals surface area contributed by atoms with E-state index in [9.17, 15) is 13.2 Å². The van der Waals surface area contributed by atoms with Crippen molar-refractivity contribution in [1.82, 2.24) is 10.2 Å². The minimum atomic E-state index is -3.30. The van der Waals surface area contributed by atoms with Crippen molar-refractivity contribution in [2.45, 2.75) is 48.2 Å². The van der Waals surface area contributed by atoms with Gasteiger partial charge in [-0.05, 0) is 57.8 Å². The van der Waals surface area contributed by atoms with E-state index in [-0.39, 0.29) is 29.3 Å². The van der Waals surface area contributed by atoms with Crippen molar-refractivity contribution in [2.75, 3.05) is 32.4 Å². The van der Waals surface area contributed by atoms with Crippen molar-refractivity contribution in [3.8, 4) is 0 Å². The molecule has 0 spiro atoms. The molecular weight excluding hydrogens is 404 g/mol. The fraction of sp³-hybridized carbons (Fsp3) is 0.632. The molecule has 1 fully saturated rings. The Morgan fingerprint density at radius 3 is 2.52 bits per heavy atom. The molecule has 2 rings (SSSR count). The second-order valence-corrected chi connectivity index (χ2v) is 10.3. The molecule has 0 aromatic heterocycles. The van der Waals surface area contributed by atoms with Gasteiger partial charge in [0.25, 0.3) is 0 Å². The monoisotopic (exact) mass is 434 g/mol. The van der Waals surface area contributed by atoms with Gasteiger partial charge in [-0.2, -0.15) is 0 Å². The van der Waals surface area contributed by atoms with Gasteiger partial charge in [0.05, 0.1) is 15.9 Å². The largest absolute Gasteiger partial charge is 0.342 e. The Morgan fingerprint density at radius 2 is 1.93 bits per heavy atom. The summed E-state index contributed by atoms with van der Waals surface area (Å²) in [6.45, 7) is 6.29. The maximum Gasteiger partial charge on any atom is 0.235 e. The van der Waals surface area contributed by atoms with E-state index in [1.807, 2.05) is 31.9 Å². The van der Waals surface area contributed by atoms with Gasteiger partial charge in [0, 0.05) is 18.0 Å². The van der Waals surface area contributed by atoms with Crippen LogP contribution in [0.2, 0.25) is 0 Å². The molecular formula is C19H31ClN2O3S2. The molecule has 0 bridgehead atoms. The highest BCUT2D eigenvalue weighted by molar-refractivity contribution is 8.01. The molecule has 1 saturated heterocycles. The fourth-order valence-corrected chi connectivity index (χ4v) is 6.24. The third kappa shape index (κ3) is 6.66. The van der Waals surface area contributed by atoms with Crippen LogP contribution in [0.25, 0.3) is 0 Å². The van der Waals surface area contributed by atoms with E-state index in [0.29, 0.717) is 22.1 Å². The molecule has 5 nitrogen and oxygen atoms in total. The average molecular weight is 435 g/mol. The highest BCUT2D eigenvalue weighted by Gasteiger charge is 2.27. The Balaban J connectivity index is 0.00000364. The van der Waals surface area contributed by atoms with Crippen LogP contribution in [-0.4, -0.2) is 56.9 Å². The predicted octanol–water partition coefficient (Wildman–Crippen LogP) is 3.23. The molecule has 154 valence electrons. The highest BCUT2D eigenvalue weighted by atomic mass is 35.5. The average Bonchev–Trinajstić information content (AvgIpc) is 2.62. The summed E-state index contributed by atoms with van der Waals surface area (Å²) in [6, 6.07) is 7.02. The maximum atomic E-state index is 12.8. The standard InChI is InChI=1S/C19H30N2O3S2.ClH/c1-4-13-26(23,24)18-8-6-5-7-17(18)25-15(2)19(22)21-11-9-16(10-12-21)14-20-3;/h5-8,15-16,20H,4,9-14H2,1-3H3;1H. The van der Waals surface area contributed by atoms with E-state index in [1.165, 1.54) is 11.8 Å². The maximum absolute atomic E-state index is 12.8. The van der Waals surface area contributed by atoms with Gasteiger partial charge in [-0.1, -0.05) is 19.1 Å². The van der Waals surface area contributed by atoms with Crippen LogP contribution in [-0.2, 0) is 14.6 Å². The summed E-state index contributed by atoms with van der Waals surface area (Å²) in [5.41, 5.74) is 0. The number of carbonyl (C=O) groups is 1. The Morgan fingerprint density at radius 1 is 1.30 bits per heavy atom. The summed E-state index contributed by atoms with van der Waals surface area (Å²) in [4.78, 5) is 15.7. The van der Waals surface area contributed by atoms with Crippen LogP contribution >= 0.6 is 24.2 Å². The van der Waals surface area contributed by atoms with Crippen molar-refractivity contribution in [1.29, 1.82) is 0 Å². The minimum Gasteiger partial charge on any atom is -0.342 e. The summed E-state index contributed by atoms with van der Waals surface area (Å²) < 4.78 is 25.0. The van der Waals surface area contributed by atoms with Crippen LogP contribution < -0.4 is 5.32 Å². The number of thioether (sulfide) groups is 1. The van der Waals surface area contributed by atoms with E-state index in [4.69, 9.17) is 0 Å². The molecule has 1 unspecified atom stereocenters. The van der Waals surface area contributed by atoms with Crippen LogP contribution in [0.4, 0.5) is 0 Å².